The highest BCUT2D eigenvalue weighted by Gasteiger charge is 2.18. The molecule has 0 saturated heterocycles. The van der Waals surface area contributed by atoms with Crippen LogP contribution in [0.5, 0.6) is 11.5 Å². The number of hydrogen-bond acceptors (Lipinski definition) is 4. The maximum absolute atomic E-state index is 11.8. The van der Waals surface area contributed by atoms with Crippen LogP contribution in [0.15, 0.2) is 30.9 Å². The minimum atomic E-state index is -0.609. The molecule has 0 aliphatic heterocycles. The van der Waals surface area contributed by atoms with Crippen LogP contribution in [-0.2, 0) is 11.3 Å². The number of carbonyl (C=O) groups excluding carboxylic acids is 1. The number of methoxy groups -OCH3 is 1. The van der Waals surface area contributed by atoms with Gasteiger partial charge >= 0.3 is 0 Å². The molecule has 1 aromatic rings. The molecule has 0 radical (unpaired) electrons. The lowest BCUT2D eigenvalue weighted by molar-refractivity contribution is -0.127. The van der Waals surface area contributed by atoms with Gasteiger partial charge in [0.1, 0.15) is 0 Å². The summed E-state index contributed by atoms with van der Waals surface area (Å²) in [5, 5.41) is 5.77. The number of benzene rings is 1. The highest BCUT2D eigenvalue weighted by Crippen LogP contribution is 2.31. The van der Waals surface area contributed by atoms with Crippen LogP contribution in [0.2, 0.25) is 0 Å². The fourth-order valence-electron chi connectivity index (χ4n) is 1.73. The minimum Gasteiger partial charge on any atom is -0.493 e. The second-order valence-corrected chi connectivity index (χ2v) is 4.27. The second kappa shape index (κ2) is 8.22. The smallest absolute Gasteiger partial charge is 0.261 e. The Balaban J connectivity index is 2.88. The molecule has 1 aromatic carbocycles. The van der Waals surface area contributed by atoms with Gasteiger partial charge in [0.2, 0.25) is 0 Å². The van der Waals surface area contributed by atoms with E-state index in [1.807, 2.05) is 25.2 Å². The molecular formula is C15H22N2O3. The van der Waals surface area contributed by atoms with Crippen LogP contribution in [0.4, 0.5) is 0 Å². The molecule has 0 aromatic heterocycles. The zero-order valence-corrected chi connectivity index (χ0v) is 12.2. The number of carbonyl (C=O) groups is 1. The number of hydrogen-bond donors (Lipinski definition) is 2. The molecule has 1 unspecified atom stereocenters. The summed E-state index contributed by atoms with van der Waals surface area (Å²) in [5.41, 5.74) is 0.940. The monoisotopic (exact) mass is 278 g/mol. The van der Waals surface area contributed by atoms with E-state index in [0.717, 1.165) is 5.56 Å². The van der Waals surface area contributed by atoms with Gasteiger partial charge in [0, 0.05) is 18.7 Å². The van der Waals surface area contributed by atoms with Gasteiger partial charge in [-0.25, -0.2) is 0 Å². The van der Waals surface area contributed by atoms with Crippen molar-refractivity contribution < 1.29 is 14.3 Å². The van der Waals surface area contributed by atoms with Crippen LogP contribution in [0.1, 0.15) is 12.5 Å². The van der Waals surface area contributed by atoms with Crippen LogP contribution in [0.25, 0.3) is 0 Å². The zero-order chi connectivity index (χ0) is 15.0. The number of nitrogens with one attached hydrogen (secondary N) is 2. The van der Waals surface area contributed by atoms with E-state index in [9.17, 15) is 4.79 Å². The molecule has 0 heterocycles. The summed E-state index contributed by atoms with van der Waals surface area (Å²) >= 11 is 0. The van der Waals surface area contributed by atoms with Gasteiger partial charge in [-0.1, -0.05) is 18.2 Å². The molecule has 1 rings (SSSR count). The Morgan fingerprint density at radius 2 is 2.25 bits per heavy atom. The van der Waals surface area contributed by atoms with Gasteiger partial charge in [-0.3, -0.25) is 4.79 Å². The average molecular weight is 278 g/mol. The maximum Gasteiger partial charge on any atom is 0.261 e. The van der Waals surface area contributed by atoms with Crippen molar-refractivity contribution in [3.8, 4) is 11.5 Å². The third kappa shape index (κ3) is 4.28. The summed E-state index contributed by atoms with van der Waals surface area (Å²) in [6, 6.07) is 5.63. The van der Waals surface area contributed by atoms with Crippen LogP contribution >= 0.6 is 0 Å². The van der Waals surface area contributed by atoms with Gasteiger partial charge in [0.15, 0.2) is 17.6 Å². The molecule has 0 spiro atoms. The van der Waals surface area contributed by atoms with Crippen LogP contribution in [-0.4, -0.2) is 32.7 Å². The van der Waals surface area contributed by atoms with Crippen LogP contribution < -0.4 is 20.1 Å². The van der Waals surface area contributed by atoms with Gasteiger partial charge in [-0.2, -0.15) is 0 Å². The van der Waals surface area contributed by atoms with Gasteiger partial charge in [0.05, 0.1) is 7.11 Å². The Kier molecular flexibility index (Phi) is 6.59. The quantitative estimate of drug-likeness (QED) is 0.707. The van der Waals surface area contributed by atoms with E-state index >= 15 is 0 Å². The summed E-state index contributed by atoms with van der Waals surface area (Å²) in [7, 11) is 3.43. The van der Waals surface area contributed by atoms with E-state index in [2.05, 4.69) is 17.2 Å². The largest absolute Gasteiger partial charge is 0.493 e. The molecular weight excluding hydrogens is 256 g/mol. The molecule has 0 aliphatic carbocycles. The molecule has 1 atom stereocenters. The van der Waals surface area contributed by atoms with Crippen molar-refractivity contribution in [3.05, 3.63) is 36.4 Å². The lowest BCUT2D eigenvalue weighted by atomic mass is 10.2. The highest BCUT2D eigenvalue weighted by molar-refractivity contribution is 5.81. The fraction of sp³-hybridized carbons (Fsp3) is 0.400. The molecule has 5 heteroatoms. The number of rotatable bonds is 8. The minimum absolute atomic E-state index is 0.189. The Bertz CT molecular complexity index is 460. The Morgan fingerprint density at radius 3 is 2.85 bits per heavy atom. The fourth-order valence-corrected chi connectivity index (χ4v) is 1.73. The second-order valence-electron chi connectivity index (χ2n) is 4.27. The van der Waals surface area contributed by atoms with Gasteiger partial charge in [-0.05, 0) is 20.0 Å². The number of ether oxygens (including phenoxy) is 2. The topological polar surface area (TPSA) is 59.6 Å². The molecule has 110 valence electrons. The highest BCUT2D eigenvalue weighted by atomic mass is 16.5. The predicted octanol–water partition coefficient (Wildman–Crippen LogP) is 1.48. The number of para-hydroxylation sites is 1. The van der Waals surface area contributed by atoms with Crippen molar-refractivity contribution in [1.82, 2.24) is 10.6 Å². The standard InChI is InChI=1S/C15H22N2O3/c1-5-9-17-15(18)11(2)20-14-12(10-16-3)7-6-8-13(14)19-4/h5-8,11,16H,1,9-10H2,2-4H3,(H,17,18). The molecule has 0 saturated carbocycles. The summed E-state index contributed by atoms with van der Waals surface area (Å²) in [6.45, 7) is 6.31. The van der Waals surface area contributed by atoms with Gasteiger partial charge in [-0.15, -0.1) is 6.58 Å². The lowest BCUT2D eigenvalue weighted by Crippen LogP contribution is -2.36. The van der Waals surface area contributed by atoms with Crippen molar-refractivity contribution >= 4 is 5.91 Å². The summed E-state index contributed by atoms with van der Waals surface area (Å²) in [5.74, 6) is 1.01. The molecule has 0 bridgehead atoms. The first-order valence-electron chi connectivity index (χ1n) is 6.49. The van der Waals surface area contributed by atoms with Crippen molar-refractivity contribution in [2.24, 2.45) is 0 Å². The van der Waals surface area contributed by atoms with E-state index in [-0.39, 0.29) is 5.91 Å². The summed E-state index contributed by atoms with van der Waals surface area (Å²) in [4.78, 5) is 11.8. The first kappa shape index (κ1) is 16.0. The van der Waals surface area contributed by atoms with E-state index < -0.39 is 6.10 Å². The Hall–Kier alpha value is -2.01. The lowest BCUT2D eigenvalue weighted by Gasteiger charge is -2.19. The molecule has 0 fully saturated rings. The van der Waals surface area contributed by atoms with Crippen LogP contribution in [0, 0.1) is 0 Å². The van der Waals surface area contributed by atoms with Gasteiger partial charge in [0.25, 0.3) is 5.91 Å². The van der Waals surface area contributed by atoms with E-state index in [4.69, 9.17) is 9.47 Å². The molecule has 0 aliphatic rings. The SMILES string of the molecule is C=CCNC(=O)C(C)Oc1c(CNC)cccc1OC. The Morgan fingerprint density at radius 1 is 1.50 bits per heavy atom. The van der Waals surface area contributed by atoms with Crippen LogP contribution in [0.3, 0.4) is 0 Å². The van der Waals surface area contributed by atoms with Crippen molar-refractivity contribution in [2.75, 3.05) is 20.7 Å². The van der Waals surface area contributed by atoms with E-state index in [1.54, 1.807) is 20.1 Å². The normalized spacial score (nSPS) is 11.6. The zero-order valence-electron chi connectivity index (χ0n) is 12.2. The summed E-state index contributed by atoms with van der Waals surface area (Å²) < 4.78 is 11.1. The average Bonchev–Trinajstić information content (AvgIpc) is 2.46. The first-order valence-corrected chi connectivity index (χ1v) is 6.49. The Labute approximate surface area is 120 Å². The molecule has 1 amide bonds. The summed E-state index contributed by atoms with van der Waals surface area (Å²) in [6.07, 6.45) is 1.02. The third-order valence-electron chi connectivity index (χ3n) is 2.73. The van der Waals surface area contributed by atoms with Crippen molar-refractivity contribution in [1.29, 1.82) is 0 Å². The van der Waals surface area contributed by atoms with E-state index in [1.165, 1.54) is 0 Å². The third-order valence-corrected chi connectivity index (χ3v) is 2.73. The number of amides is 1. The maximum atomic E-state index is 11.8. The predicted molar refractivity (Wildman–Crippen MR) is 79.1 cm³/mol. The van der Waals surface area contributed by atoms with Gasteiger partial charge < -0.3 is 20.1 Å². The van der Waals surface area contributed by atoms with E-state index in [0.29, 0.717) is 24.6 Å². The van der Waals surface area contributed by atoms with Crippen molar-refractivity contribution in [3.63, 3.8) is 0 Å². The first-order chi connectivity index (χ1) is 9.63. The molecule has 20 heavy (non-hydrogen) atoms. The van der Waals surface area contributed by atoms with Crippen molar-refractivity contribution in [2.45, 2.75) is 19.6 Å². The molecule has 2 N–H and O–H groups in total. The molecule has 5 nitrogen and oxygen atoms in total.